The first-order valence-electron chi connectivity index (χ1n) is 6.78. The largest absolute Gasteiger partial charge is 0.497 e. The summed E-state index contributed by atoms with van der Waals surface area (Å²) in [6, 6.07) is 6.44. The highest BCUT2D eigenvalue weighted by atomic mass is 79.9. The minimum absolute atomic E-state index is 0.309. The van der Waals surface area contributed by atoms with Gasteiger partial charge in [-0.25, -0.2) is 0 Å². The average Bonchev–Trinajstić information content (AvgIpc) is 2.86. The molecule has 2 nitrogen and oxygen atoms in total. The van der Waals surface area contributed by atoms with Crippen molar-refractivity contribution in [3.63, 3.8) is 0 Å². The third-order valence-electron chi connectivity index (χ3n) is 4.68. The van der Waals surface area contributed by atoms with Gasteiger partial charge in [0.1, 0.15) is 5.75 Å². The normalized spacial score (nSPS) is 30.9. The Morgan fingerprint density at radius 3 is 2.78 bits per heavy atom. The van der Waals surface area contributed by atoms with Gasteiger partial charge >= 0.3 is 0 Å². The van der Waals surface area contributed by atoms with E-state index >= 15 is 0 Å². The SMILES string of the molecule is COc1ccc(Br)c(CC(N)C2C3CCCC32)c1. The van der Waals surface area contributed by atoms with E-state index in [1.165, 1.54) is 24.8 Å². The lowest BCUT2D eigenvalue weighted by Crippen LogP contribution is -2.27. The van der Waals surface area contributed by atoms with Gasteiger partial charge in [-0.05, 0) is 60.8 Å². The molecule has 0 aromatic heterocycles. The number of methoxy groups -OCH3 is 1. The van der Waals surface area contributed by atoms with Crippen molar-refractivity contribution in [1.82, 2.24) is 0 Å². The first-order chi connectivity index (χ1) is 8.70. The van der Waals surface area contributed by atoms with E-state index in [-0.39, 0.29) is 0 Å². The number of fused-ring (bicyclic) bond motifs is 1. The lowest BCUT2D eigenvalue weighted by Gasteiger charge is -2.15. The number of hydrogen-bond acceptors (Lipinski definition) is 2. The highest BCUT2D eigenvalue weighted by Gasteiger charge is 2.54. The Morgan fingerprint density at radius 2 is 2.11 bits per heavy atom. The number of hydrogen-bond donors (Lipinski definition) is 1. The molecule has 0 aliphatic heterocycles. The molecule has 0 spiro atoms. The van der Waals surface area contributed by atoms with Gasteiger partial charge < -0.3 is 10.5 Å². The van der Waals surface area contributed by atoms with Gasteiger partial charge in [-0.1, -0.05) is 22.4 Å². The number of ether oxygens (including phenoxy) is 1. The zero-order chi connectivity index (χ0) is 12.7. The number of nitrogens with two attached hydrogens (primary N) is 1. The lowest BCUT2D eigenvalue weighted by atomic mass is 9.98. The van der Waals surface area contributed by atoms with Crippen LogP contribution in [0.4, 0.5) is 0 Å². The maximum Gasteiger partial charge on any atom is 0.119 e. The highest BCUT2D eigenvalue weighted by molar-refractivity contribution is 9.10. The van der Waals surface area contributed by atoms with E-state index in [0.29, 0.717) is 6.04 Å². The molecular formula is C15H20BrNO. The minimum Gasteiger partial charge on any atom is -0.497 e. The molecule has 2 fully saturated rings. The Bertz CT molecular complexity index is 438. The van der Waals surface area contributed by atoms with Crippen molar-refractivity contribution < 1.29 is 4.74 Å². The van der Waals surface area contributed by atoms with Crippen LogP contribution in [0.25, 0.3) is 0 Å². The Hall–Kier alpha value is -0.540. The van der Waals surface area contributed by atoms with Crippen LogP contribution in [0, 0.1) is 17.8 Å². The molecule has 3 rings (SSSR count). The van der Waals surface area contributed by atoms with E-state index in [1.807, 2.05) is 6.07 Å². The molecule has 1 aromatic rings. The van der Waals surface area contributed by atoms with E-state index in [0.717, 1.165) is 34.4 Å². The quantitative estimate of drug-likeness (QED) is 0.925. The molecule has 0 bridgehead atoms. The third-order valence-corrected chi connectivity index (χ3v) is 5.45. The van der Waals surface area contributed by atoms with E-state index in [9.17, 15) is 0 Å². The Kier molecular flexibility index (Phi) is 3.37. The smallest absolute Gasteiger partial charge is 0.119 e. The molecule has 1 aromatic carbocycles. The summed E-state index contributed by atoms with van der Waals surface area (Å²) >= 11 is 3.61. The second kappa shape index (κ2) is 4.86. The van der Waals surface area contributed by atoms with Crippen molar-refractivity contribution in [3.05, 3.63) is 28.2 Å². The van der Waals surface area contributed by atoms with Crippen LogP contribution in [-0.4, -0.2) is 13.2 Å². The Balaban J connectivity index is 1.68. The summed E-state index contributed by atoms with van der Waals surface area (Å²) < 4.78 is 6.42. The van der Waals surface area contributed by atoms with Gasteiger partial charge in [-0.3, -0.25) is 0 Å². The minimum atomic E-state index is 0.309. The van der Waals surface area contributed by atoms with Crippen molar-refractivity contribution >= 4 is 15.9 Å². The molecule has 0 amide bonds. The first kappa shape index (κ1) is 12.5. The fraction of sp³-hybridized carbons (Fsp3) is 0.600. The van der Waals surface area contributed by atoms with Gasteiger partial charge in [0, 0.05) is 10.5 Å². The van der Waals surface area contributed by atoms with Crippen LogP contribution >= 0.6 is 15.9 Å². The second-order valence-corrected chi connectivity index (χ2v) is 6.52. The molecular weight excluding hydrogens is 290 g/mol. The fourth-order valence-electron chi connectivity index (χ4n) is 3.74. The fourth-order valence-corrected chi connectivity index (χ4v) is 4.14. The van der Waals surface area contributed by atoms with Crippen molar-refractivity contribution in [2.45, 2.75) is 31.7 Å². The van der Waals surface area contributed by atoms with Crippen molar-refractivity contribution in [1.29, 1.82) is 0 Å². The Labute approximate surface area is 117 Å². The topological polar surface area (TPSA) is 35.2 Å². The van der Waals surface area contributed by atoms with Crippen LogP contribution in [0.5, 0.6) is 5.75 Å². The van der Waals surface area contributed by atoms with E-state index in [4.69, 9.17) is 10.5 Å². The zero-order valence-corrected chi connectivity index (χ0v) is 12.3. The van der Waals surface area contributed by atoms with Crippen LogP contribution < -0.4 is 10.5 Å². The summed E-state index contributed by atoms with van der Waals surface area (Å²) in [7, 11) is 1.71. The predicted molar refractivity (Wildman–Crippen MR) is 76.7 cm³/mol. The molecule has 2 N–H and O–H groups in total. The van der Waals surface area contributed by atoms with E-state index < -0.39 is 0 Å². The molecule has 3 atom stereocenters. The standard InChI is InChI=1S/C15H20BrNO/c1-18-10-5-6-13(16)9(7-10)8-14(17)15-11-3-2-4-12(11)15/h5-7,11-12,14-15H,2-4,8,17H2,1H3. The zero-order valence-electron chi connectivity index (χ0n) is 10.7. The molecule has 98 valence electrons. The molecule has 0 heterocycles. The van der Waals surface area contributed by atoms with Gasteiger partial charge in [-0.2, -0.15) is 0 Å². The number of halogens is 1. The Morgan fingerprint density at radius 1 is 1.39 bits per heavy atom. The summed E-state index contributed by atoms with van der Waals surface area (Å²) in [5.74, 6) is 3.56. The van der Waals surface area contributed by atoms with Crippen molar-refractivity contribution in [2.24, 2.45) is 23.5 Å². The third kappa shape index (κ3) is 2.19. The van der Waals surface area contributed by atoms with Crippen LogP contribution in [0.1, 0.15) is 24.8 Å². The molecule has 2 aliphatic carbocycles. The molecule has 18 heavy (non-hydrogen) atoms. The summed E-state index contributed by atoms with van der Waals surface area (Å²) in [5.41, 5.74) is 7.67. The van der Waals surface area contributed by atoms with Crippen LogP contribution in [-0.2, 0) is 6.42 Å². The first-order valence-corrected chi connectivity index (χ1v) is 7.58. The van der Waals surface area contributed by atoms with Gasteiger partial charge in [-0.15, -0.1) is 0 Å². The second-order valence-electron chi connectivity index (χ2n) is 5.66. The summed E-state index contributed by atoms with van der Waals surface area (Å²) in [6.45, 7) is 0. The maximum absolute atomic E-state index is 6.40. The molecule has 0 radical (unpaired) electrons. The van der Waals surface area contributed by atoms with Crippen LogP contribution in [0.3, 0.4) is 0 Å². The summed E-state index contributed by atoms with van der Waals surface area (Å²) in [4.78, 5) is 0. The van der Waals surface area contributed by atoms with E-state index in [1.54, 1.807) is 7.11 Å². The maximum atomic E-state index is 6.40. The molecule has 3 heteroatoms. The van der Waals surface area contributed by atoms with E-state index in [2.05, 4.69) is 28.1 Å². The summed E-state index contributed by atoms with van der Waals surface area (Å²) in [6.07, 6.45) is 5.18. The monoisotopic (exact) mass is 309 g/mol. The van der Waals surface area contributed by atoms with Gasteiger partial charge in [0.15, 0.2) is 0 Å². The number of benzene rings is 1. The average molecular weight is 310 g/mol. The van der Waals surface area contributed by atoms with Crippen LogP contribution in [0.15, 0.2) is 22.7 Å². The summed E-state index contributed by atoms with van der Waals surface area (Å²) in [5, 5.41) is 0. The predicted octanol–water partition coefficient (Wildman–Crippen LogP) is 3.37. The van der Waals surface area contributed by atoms with Crippen LogP contribution in [0.2, 0.25) is 0 Å². The molecule has 2 saturated carbocycles. The number of rotatable bonds is 4. The molecule has 0 saturated heterocycles. The van der Waals surface area contributed by atoms with Gasteiger partial charge in [0.05, 0.1) is 7.11 Å². The molecule has 2 aliphatic rings. The van der Waals surface area contributed by atoms with Crippen molar-refractivity contribution in [3.8, 4) is 5.75 Å². The van der Waals surface area contributed by atoms with Crippen molar-refractivity contribution in [2.75, 3.05) is 7.11 Å². The molecule has 3 unspecified atom stereocenters. The highest BCUT2D eigenvalue weighted by Crippen LogP contribution is 2.58. The van der Waals surface area contributed by atoms with Gasteiger partial charge in [0.2, 0.25) is 0 Å². The van der Waals surface area contributed by atoms with Gasteiger partial charge in [0.25, 0.3) is 0 Å². The lowest BCUT2D eigenvalue weighted by molar-refractivity contribution is 0.413.